The Morgan fingerprint density at radius 2 is 1.47 bits per heavy atom. The molecule has 36 heavy (non-hydrogen) atoms. The summed E-state index contributed by atoms with van der Waals surface area (Å²) < 4.78 is 45.4. The number of benzene rings is 1. The van der Waals surface area contributed by atoms with Crippen LogP contribution < -0.4 is 0 Å². The Hall–Kier alpha value is -4.00. The first-order valence-corrected chi connectivity index (χ1v) is 10.5. The number of carbonyl (C=O) groups excluding carboxylic acids is 4. The third-order valence-electron chi connectivity index (χ3n) is 4.55. The summed E-state index contributed by atoms with van der Waals surface area (Å²) in [4.78, 5) is 58.7. The maximum absolute atomic E-state index is 13.6. The van der Waals surface area contributed by atoms with Gasteiger partial charge in [-0.25, -0.2) is 9.18 Å². The van der Waals surface area contributed by atoms with Gasteiger partial charge in [0.1, 0.15) is 18.5 Å². The lowest BCUT2D eigenvalue weighted by Crippen LogP contribution is -2.63. The maximum Gasteiger partial charge on any atom is 0.371 e. The summed E-state index contributed by atoms with van der Waals surface area (Å²) in [5.74, 6) is -6.28. The lowest BCUT2D eigenvalue weighted by molar-refractivity contribution is -0.299. The van der Waals surface area contributed by atoms with Crippen LogP contribution in [0.4, 0.5) is 4.39 Å². The molecule has 1 aliphatic heterocycles. The van der Waals surface area contributed by atoms with E-state index in [2.05, 4.69) is 0 Å². The lowest BCUT2D eigenvalue weighted by atomic mass is 9.98. The van der Waals surface area contributed by atoms with E-state index in [0.717, 1.165) is 45.9 Å². The van der Waals surface area contributed by atoms with Gasteiger partial charge in [-0.1, -0.05) is 12.1 Å². The van der Waals surface area contributed by atoms with E-state index in [1.165, 1.54) is 12.1 Å². The van der Waals surface area contributed by atoms with Crippen LogP contribution in [0.1, 0.15) is 33.3 Å². The average molecular weight is 512 g/mol. The van der Waals surface area contributed by atoms with Gasteiger partial charge >= 0.3 is 29.8 Å². The van der Waals surface area contributed by atoms with Crippen molar-refractivity contribution in [3.8, 4) is 0 Å². The van der Waals surface area contributed by atoms with Crippen molar-refractivity contribution in [3.05, 3.63) is 41.4 Å². The lowest BCUT2D eigenvalue weighted by Gasteiger charge is -2.43. The molecule has 13 heteroatoms. The molecule has 1 heterocycles. The normalized spacial score (nSPS) is 23.7. The van der Waals surface area contributed by atoms with Gasteiger partial charge in [0.2, 0.25) is 18.2 Å². The van der Waals surface area contributed by atoms with Crippen molar-refractivity contribution < 1.29 is 61.9 Å². The van der Waals surface area contributed by atoms with Crippen LogP contribution in [0.3, 0.4) is 0 Å². The van der Waals surface area contributed by atoms with Crippen LogP contribution in [0.2, 0.25) is 0 Å². The summed E-state index contributed by atoms with van der Waals surface area (Å²) in [6, 6.07) is 4.94. The second-order valence-corrected chi connectivity index (χ2v) is 7.55. The van der Waals surface area contributed by atoms with Crippen molar-refractivity contribution in [1.82, 2.24) is 0 Å². The second kappa shape index (κ2) is 12.6. The van der Waals surface area contributed by atoms with Gasteiger partial charge in [-0.15, -0.1) is 0 Å². The Morgan fingerprint density at radius 3 is 2.00 bits per heavy atom. The molecule has 196 valence electrons. The predicted octanol–water partition coefficient (Wildman–Crippen LogP) is 1.35. The fraction of sp³-hybridized carbons (Fsp3) is 0.435. The maximum atomic E-state index is 13.6. The summed E-state index contributed by atoms with van der Waals surface area (Å²) in [6.45, 7) is 3.70. The molecule has 5 atom stereocenters. The summed E-state index contributed by atoms with van der Waals surface area (Å²) >= 11 is 0. The molecule has 12 nitrogen and oxygen atoms in total. The zero-order valence-electron chi connectivity index (χ0n) is 19.8. The quantitative estimate of drug-likeness (QED) is 0.219. The molecule has 0 bridgehead atoms. The standard InChI is InChI=1S/C23H25FO12/c1-11(25)31-10-18-19(32-12(2)26)20(33-13(3)27)21(34-14(4)28)23(36-18)35-17(22(29)30)9-15-6-5-7-16(24)8-15/h5-9,18-21,23H,10H2,1-4H3,(H,29,30)/b17-9-/t18-,19+,20+,21-,23-/m0/s1. The summed E-state index contributed by atoms with van der Waals surface area (Å²) in [5.41, 5.74) is 0.123. The molecule has 0 unspecified atom stereocenters. The number of carboxylic acid groups (broad SMARTS) is 1. The number of ether oxygens (including phenoxy) is 6. The highest BCUT2D eigenvalue weighted by Gasteiger charge is 2.53. The molecule has 1 saturated heterocycles. The van der Waals surface area contributed by atoms with E-state index >= 15 is 0 Å². The van der Waals surface area contributed by atoms with Crippen molar-refractivity contribution >= 4 is 35.9 Å². The molecular weight excluding hydrogens is 487 g/mol. The molecule has 1 fully saturated rings. The Labute approximate surface area is 204 Å². The summed E-state index contributed by atoms with van der Waals surface area (Å²) in [6.07, 6.45) is -6.70. The van der Waals surface area contributed by atoms with E-state index in [1.807, 2.05) is 0 Å². The number of hydrogen-bond acceptors (Lipinski definition) is 11. The van der Waals surface area contributed by atoms with Crippen molar-refractivity contribution in [2.45, 2.75) is 58.4 Å². The van der Waals surface area contributed by atoms with Gasteiger partial charge < -0.3 is 33.5 Å². The third-order valence-corrected chi connectivity index (χ3v) is 4.55. The Balaban J connectivity index is 2.53. The first-order valence-electron chi connectivity index (χ1n) is 10.5. The largest absolute Gasteiger partial charge is 0.475 e. The first-order chi connectivity index (χ1) is 16.9. The minimum atomic E-state index is -1.75. The molecule has 1 N–H and O–H groups in total. The summed E-state index contributed by atoms with van der Waals surface area (Å²) in [7, 11) is 0. The molecule has 1 aromatic rings. The van der Waals surface area contributed by atoms with Gasteiger partial charge in [0, 0.05) is 27.7 Å². The van der Waals surface area contributed by atoms with Crippen molar-refractivity contribution in [1.29, 1.82) is 0 Å². The van der Waals surface area contributed by atoms with Crippen molar-refractivity contribution in [2.75, 3.05) is 6.61 Å². The van der Waals surface area contributed by atoms with E-state index in [0.29, 0.717) is 0 Å². The molecule has 0 aliphatic carbocycles. The smallest absolute Gasteiger partial charge is 0.371 e. The van der Waals surface area contributed by atoms with E-state index in [4.69, 9.17) is 28.4 Å². The molecule has 0 saturated carbocycles. The van der Waals surface area contributed by atoms with Gasteiger partial charge in [0.25, 0.3) is 0 Å². The molecule has 0 aromatic heterocycles. The monoisotopic (exact) mass is 512 g/mol. The van der Waals surface area contributed by atoms with Crippen molar-refractivity contribution in [2.24, 2.45) is 0 Å². The molecule has 2 rings (SSSR count). The average Bonchev–Trinajstić information content (AvgIpc) is 2.75. The molecule has 0 spiro atoms. The van der Waals surface area contributed by atoms with Crippen LogP contribution in [0, 0.1) is 5.82 Å². The highest BCUT2D eigenvalue weighted by atomic mass is 19.1. The summed E-state index contributed by atoms with van der Waals surface area (Å²) in [5, 5.41) is 9.65. The zero-order valence-corrected chi connectivity index (χ0v) is 19.8. The zero-order chi connectivity index (χ0) is 27.0. The number of aliphatic carboxylic acids is 1. The molecular formula is C23H25FO12. The Bertz CT molecular complexity index is 1040. The Morgan fingerprint density at radius 1 is 0.889 bits per heavy atom. The van der Waals surface area contributed by atoms with Gasteiger partial charge in [0.05, 0.1) is 0 Å². The number of carbonyl (C=O) groups is 5. The van der Waals surface area contributed by atoms with E-state index in [9.17, 15) is 33.5 Å². The van der Waals surface area contributed by atoms with Gasteiger partial charge in [-0.2, -0.15) is 0 Å². The number of halogens is 1. The number of hydrogen-bond donors (Lipinski definition) is 1. The predicted molar refractivity (Wildman–Crippen MR) is 115 cm³/mol. The van der Waals surface area contributed by atoms with E-state index < -0.39 is 78.7 Å². The fourth-order valence-corrected chi connectivity index (χ4v) is 3.30. The second-order valence-electron chi connectivity index (χ2n) is 7.55. The molecule has 0 amide bonds. The van der Waals surface area contributed by atoms with Crippen LogP contribution in [-0.2, 0) is 52.4 Å². The third kappa shape index (κ3) is 8.34. The highest BCUT2D eigenvalue weighted by molar-refractivity contribution is 5.89. The topological polar surface area (TPSA) is 161 Å². The Kier molecular flexibility index (Phi) is 9.91. The number of esters is 4. The van der Waals surface area contributed by atoms with Crippen LogP contribution in [0.5, 0.6) is 0 Å². The van der Waals surface area contributed by atoms with Crippen LogP contribution in [-0.4, -0.2) is 72.3 Å². The highest BCUT2D eigenvalue weighted by Crippen LogP contribution is 2.31. The number of rotatable bonds is 9. The molecule has 1 aliphatic rings. The molecule has 1 aromatic carbocycles. The minimum absolute atomic E-state index is 0.123. The van der Waals surface area contributed by atoms with Gasteiger partial charge in [-0.3, -0.25) is 19.2 Å². The first kappa shape index (κ1) is 28.2. The van der Waals surface area contributed by atoms with Crippen LogP contribution >= 0.6 is 0 Å². The van der Waals surface area contributed by atoms with Crippen LogP contribution in [0.15, 0.2) is 30.0 Å². The minimum Gasteiger partial charge on any atom is -0.475 e. The fourth-order valence-electron chi connectivity index (χ4n) is 3.30. The molecule has 0 radical (unpaired) electrons. The van der Waals surface area contributed by atoms with Gasteiger partial charge in [0.15, 0.2) is 12.2 Å². The number of carboxylic acids is 1. The van der Waals surface area contributed by atoms with Crippen molar-refractivity contribution in [3.63, 3.8) is 0 Å². The SMILES string of the molecule is CC(=O)OC[C@@H]1O[C@H](O/C(=C\c2cccc(F)c2)C(=O)O)[C@@H](OC(C)=O)[C@H](OC(C)=O)[C@@H]1OC(C)=O. The van der Waals surface area contributed by atoms with E-state index in [-0.39, 0.29) is 5.56 Å². The van der Waals surface area contributed by atoms with Gasteiger partial charge in [-0.05, 0) is 23.8 Å². The van der Waals surface area contributed by atoms with Crippen LogP contribution in [0.25, 0.3) is 6.08 Å². The van der Waals surface area contributed by atoms with E-state index in [1.54, 1.807) is 0 Å².